The molecule has 2 aliphatic rings. The van der Waals surface area contributed by atoms with Crippen molar-refractivity contribution in [3.8, 4) is 0 Å². The van der Waals surface area contributed by atoms with Gasteiger partial charge in [-0.15, -0.1) is 0 Å². The summed E-state index contributed by atoms with van der Waals surface area (Å²) in [6, 6.07) is 0. The Kier molecular flexibility index (Phi) is 2.68. The summed E-state index contributed by atoms with van der Waals surface area (Å²) >= 11 is 9.44. The van der Waals surface area contributed by atoms with Crippen LogP contribution in [0.4, 0.5) is 0 Å². The highest BCUT2D eigenvalue weighted by atomic mass is 79.9. The molecular formula is C11H12BrClN2O. The zero-order valence-electron chi connectivity index (χ0n) is 8.91. The zero-order chi connectivity index (χ0) is 11.3. The smallest absolute Gasteiger partial charge is 0.147 e. The average molecular weight is 304 g/mol. The van der Waals surface area contributed by atoms with Crippen LogP contribution in [0.2, 0.25) is 5.15 Å². The lowest BCUT2D eigenvalue weighted by atomic mass is 9.88. The molecule has 2 fully saturated rings. The van der Waals surface area contributed by atoms with Gasteiger partial charge in [0.2, 0.25) is 0 Å². The second-order valence-electron chi connectivity index (χ2n) is 4.49. The first kappa shape index (κ1) is 10.9. The molecule has 0 radical (unpaired) electrons. The monoisotopic (exact) mass is 302 g/mol. The van der Waals surface area contributed by atoms with Gasteiger partial charge in [-0.25, -0.2) is 9.97 Å². The normalized spacial score (nSPS) is 32.3. The highest BCUT2D eigenvalue weighted by molar-refractivity contribution is 9.10. The van der Waals surface area contributed by atoms with Crippen molar-refractivity contribution in [3.05, 3.63) is 21.1 Å². The summed E-state index contributed by atoms with van der Waals surface area (Å²) in [5, 5.41) is 0.505. The van der Waals surface area contributed by atoms with Gasteiger partial charge in [0.1, 0.15) is 11.0 Å². The van der Waals surface area contributed by atoms with Crippen molar-refractivity contribution < 1.29 is 4.74 Å². The Hall–Kier alpha value is -0.190. The Labute approximate surface area is 108 Å². The third-order valence-corrected chi connectivity index (χ3v) is 4.88. The molecule has 0 N–H and O–H groups in total. The number of ether oxygens (including phenoxy) is 1. The molecule has 0 aliphatic carbocycles. The van der Waals surface area contributed by atoms with Crippen LogP contribution in [0.25, 0.3) is 0 Å². The van der Waals surface area contributed by atoms with Crippen molar-refractivity contribution in [2.45, 2.75) is 44.3 Å². The molecule has 0 aromatic carbocycles. The first-order valence-electron chi connectivity index (χ1n) is 5.50. The summed E-state index contributed by atoms with van der Waals surface area (Å²) in [4.78, 5) is 8.87. The van der Waals surface area contributed by atoms with Crippen LogP contribution >= 0.6 is 27.5 Å². The number of hydrogen-bond donors (Lipinski definition) is 0. The summed E-state index contributed by atoms with van der Waals surface area (Å²) < 4.78 is 6.61. The van der Waals surface area contributed by atoms with E-state index in [2.05, 4.69) is 25.9 Å². The second kappa shape index (κ2) is 3.93. The molecule has 5 heteroatoms. The minimum absolute atomic E-state index is 0.307. The first-order chi connectivity index (χ1) is 7.65. The van der Waals surface area contributed by atoms with Crippen molar-refractivity contribution >= 4 is 27.5 Å². The van der Waals surface area contributed by atoms with Crippen molar-refractivity contribution in [3.63, 3.8) is 0 Å². The quantitative estimate of drug-likeness (QED) is 0.747. The number of halogens is 2. The Morgan fingerprint density at radius 1 is 1.38 bits per heavy atom. The van der Waals surface area contributed by atoms with Gasteiger partial charge < -0.3 is 4.74 Å². The standard InChI is InChI=1S/C11H12BrClN2O/c1-5-9(12)10(13)15-11(14-5)7-4-6-2-3-8(7)16-6/h6-8H,2-4H2,1H3. The van der Waals surface area contributed by atoms with Crippen LogP contribution in [0.15, 0.2) is 4.47 Å². The fraction of sp³-hybridized carbons (Fsp3) is 0.636. The number of aryl methyl sites for hydroxylation is 1. The highest BCUT2D eigenvalue weighted by Crippen LogP contribution is 2.43. The van der Waals surface area contributed by atoms with Gasteiger partial charge in [-0.3, -0.25) is 0 Å². The summed E-state index contributed by atoms with van der Waals surface area (Å²) in [5.74, 6) is 1.18. The Morgan fingerprint density at radius 2 is 2.19 bits per heavy atom. The van der Waals surface area contributed by atoms with E-state index in [9.17, 15) is 0 Å². The number of aromatic nitrogens is 2. The van der Waals surface area contributed by atoms with E-state index in [1.165, 1.54) is 6.42 Å². The van der Waals surface area contributed by atoms with Gasteiger partial charge in [0.05, 0.1) is 22.4 Å². The summed E-state index contributed by atoms with van der Waals surface area (Å²) in [7, 11) is 0. The molecule has 16 heavy (non-hydrogen) atoms. The van der Waals surface area contributed by atoms with Gasteiger partial charge >= 0.3 is 0 Å². The summed E-state index contributed by atoms with van der Waals surface area (Å²) in [6.07, 6.45) is 4.08. The van der Waals surface area contributed by atoms with E-state index in [1.807, 2.05) is 6.92 Å². The van der Waals surface area contributed by atoms with E-state index in [0.717, 1.165) is 28.8 Å². The molecule has 0 spiro atoms. The van der Waals surface area contributed by atoms with Gasteiger partial charge in [0.15, 0.2) is 0 Å². The Balaban J connectivity index is 1.95. The van der Waals surface area contributed by atoms with Gasteiger partial charge in [-0.05, 0) is 42.1 Å². The molecule has 3 atom stereocenters. The lowest BCUT2D eigenvalue weighted by Gasteiger charge is -2.17. The van der Waals surface area contributed by atoms with Gasteiger partial charge in [-0.2, -0.15) is 0 Å². The molecule has 1 aromatic heterocycles. The van der Waals surface area contributed by atoms with E-state index < -0.39 is 0 Å². The van der Waals surface area contributed by atoms with Crippen LogP contribution < -0.4 is 0 Å². The third kappa shape index (κ3) is 1.67. The summed E-state index contributed by atoms with van der Waals surface area (Å²) in [5.41, 5.74) is 0.901. The predicted molar refractivity (Wildman–Crippen MR) is 64.7 cm³/mol. The van der Waals surface area contributed by atoms with Crippen molar-refractivity contribution in [1.29, 1.82) is 0 Å². The van der Waals surface area contributed by atoms with Crippen LogP contribution in [0, 0.1) is 6.92 Å². The van der Waals surface area contributed by atoms with E-state index >= 15 is 0 Å². The number of nitrogens with zero attached hydrogens (tertiary/aromatic N) is 2. The molecule has 86 valence electrons. The number of hydrogen-bond acceptors (Lipinski definition) is 3. The number of rotatable bonds is 1. The van der Waals surface area contributed by atoms with E-state index in [-0.39, 0.29) is 0 Å². The molecule has 3 heterocycles. The number of fused-ring (bicyclic) bond motifs is 2. The molecule has 0 saturated carbocycles. The van der Waals surface area contributed by atoms with Crippen molar-refractivity contribution in [1.82, 2.24) is 9.97 Å². The average Bonchev–Trinajstić information content (AvgIpc) is 2.86. The zero-order valence-corrected chi connectivity index (χ0v) is 11.3. The molecule has 3 rings (SSSR count). The maximum absolute atomic E-state index is 6.06. The highest BCUT2D eigenvalue weighted by Gasteiger charge is 2.43. The maximum Gasteiger partial charge on any atom is 0.147 e. The molecule has 0 amide bonds. The van der Waals surface area contributed by atoms with Gasteiger partial charge in [0.25, 0.3) is 0 Å². The van der Waals surface area contributed by atoms with Crippen molar-refractivity contribution in [2.24, 2.45) is 0 Å². The summed E-state index contributed by atoms with van der Waals surface area (Å²) in [6.45, 7) is 1.94. The SMILES string of the molecule is Cc1nc(C2CC3CCC2O3)nc(Cl)c1Br. The molecule has 3 unspecified atom stereocenters. The van der Waals surface area contributed by atoms with Crippen LogP contribution in [0.3, 0.4) is 0 Å². The molecule has 1 aromatic rings. The molecule has 2 saturated heterocycles. The van der Waals surface area contributed by atoms with Crippen LogP contribution in [-0.2, 0) is 4.74 Å². The third-order valence-electron chi connectivity index (χ3n) is 3.43. The molecule has 2 bridgehead atoms. The van der Waals surface area contributed by atoms with Crippen molar-refractivity contribution in [2.75, 3.05) is 0 Å². The minimum atomic E-state index is 0.307. The van der Waals surface area contributed by atoms with Crippen LogP contribution in [0.1, 0.15) is 36.7 Å². The first-order valence-corrected chi connectivity index (χ1v) is 6.67. The molecule has 3 nitrogen and oxygen atoms in total. The van der Waals surface area contributed by atoms with E-state index in [1.54, 1.807) is 0 Å². The predicted octanol–water partition coefficient (Wildman–Crippen LogP) is 3.24. The topological polar surface area (TPSA) is 35.0 Å². The van der Waals surface area contributed by atoms with Gasteiger partial charge in [-0.1, -0.05) is 11.6 Å². The minimum Gasteiger partial charge on any atom is -0.374 e. The van der Waals surface area contributed by atoms with Gasteiger partial charge in [0, 0.05) is 5.92 Å². The Bertz CT molecular complexity index is 417. The fourth-order valence-corrected chi connectivity index (χ4v) is 3.02. The lowest BCUT2D eigenvalue weighted by molar-refractivity contribution is 0.0998. The van der Waals surface area contributed by atoms with Crippen LogP contribution in [0.5, 0.6) is 0 Å². The van der Waals surface area contributed by atoms with Crippen LogP contribution in [-0.4, -0.2) is 22.2 Å². The lowest BCUT2D eigenvalue weighted by Crippen LogP contribution is -2.17. The Morgan fingerprint density at radius 3 is 2.75 bits per heavy atom. The molecule has 2 aliphatic heterocycles. The van der Waals surface area contributed by atoms with E-state index in [0.29, 0.717) is 23.3 Å². The fourth-order valence-electron chi connectivity index (χ4n) is 2.62. The maximum atomic E-state index is 6.06. The van der Waals surface area contributed by atoms with E-state index in [4.69, 9.17) is 16.3 Å². The largest absolute Gasteiger partial charge is 0.374 e. The second-order valence-corrected chi connectivity index (χ2v) is 5.64. The molecular weight excluding hydrogens is 291 g/mol.